The van der Waals surface area contributed by atoms with Crippen molar-refractivity contribution in [3.8, 4) is 5.40 Å². The van der Waals surface area contributed by atoms with Crippen molar-refractivity contribution in [1.29, 1.82) is 5.26 Å². The van der Waals surface area contributed by atoms with Crippen LogP contribution in [-0.2, 0) is 0 Å². The van der Waals surface area contributed by atoms with Crippen LogP contribution in [0.15, 0.2) is 22.8 Å². The molecule has 1 rings (SSSR count). The van der Waals surface area contributed by atoms with Crippen LogP contribution in [0.3, 0.4) is 0 Å². The molecule has 0 fully saturated rings. The number of thiocyanates is 1. The summed E-state index contributed by atoms with van der Waals surface area (Å²) in [5, 5.41) is 8.63. The van der Waals surface area contributed by atoms with Crippen LogP contribution in [0, 0.1) is 10.7 Å². The Morgan fingerprint density at radius 1 is 1.71 bits per heavy atom. The first-order chi connectivity index (χ1) is 6.58. The summed E-state index contributed by atoms with van der Waals surface area (Å²) >= 11 is 7.19. The number of carbonyl (C=O) groups excluding carboxylic acids is 1. The van der Waals surface area contributed by atoms with Gasteiger partial charge in [-0.2, -0.15) is 5.26 Å². The molecule has 0 saturated heterocycles. The highest BCUT2D eigenvalue weighted by molar-refractivity contribution is 7.85. The second kappa shape index (κ2) is 11.5. The molecule has 0 unspecified atom stereocenters. The quantitative estimate of drug-likeness (QED) is 0.284. The maximum Gasteiger partial charge on any atom is 0.185 e. The van der Waals surface area contributed by atoms with Gasteiger partial charge in [0.2, 0.25) is 0 Å². The molecule has 0 aliphatic carbocycles. The fraction of sp³-hybridized carbons (Fsp3) is 0. The lowest BCUT2D eigenvalue weighted by atomic mass is 10.5. The van der Waals surface area contributed by atoms with Gasteiger partial charge in [0.05, 0.1) is 6.26 Å². The van der Waals surface area contributed by atoms with E-state index >= 15 is 0 Å². The minimum Gasteiger partial charge on any atom is -0.462 e. The maximum atomic E-state index is 9.77. The molecule has 0 bridgehead atoms. The Kier molecular flexibility index (Phi) is 12.3. The number of nitrogens with zero attached hydrogens (tertiary/aromatic N) is 1. The number of thiol groups is 1. The molecule has 0 amide bonds. The average Bonchev–Trinajstić information content (AvgIpc) is 2.55. The Labute approximate surface area is 92.1 Å². The van der Waals surface area contributed by atoms with E-state index in [0.717, 1.165) is 0 Å². The van der Waals surface area contributed by atoms with Gasteiger partial charge in [-0.15, -0.1) is 0 Å². The first-order valence-electron chi connectivity index (χ1n) is 3.15. The summed E-state index contributed by atoms with van der Waals surface area (Å²) in [7, 11) is 0. The van der Waals surface area contributed by atoms with Gasteiger partial charge in [0.1, 0.15) is 5.40 Å². The third kappa shape index (κ3) is 16.8. The Bertz CT molecular complexity index is 288. The second-order valence-corrected chi connectivity index (χ2v) is 2.31. The number of carbonyl (C=O) groups is 1. The lowest BCUT2D eigenvalue weighted by Gasteiger charge is -1.68. The molecule has 0 saturated carbocycles. The van der Waals surface area contributed by atoms with Crippen LogP contribution in [0.2, 0.25) is 0 Å². The molecule has 14 heavy (non-hydrogen) atoms. The molecule has 4 N–H and O–H groups in total. The third-order valence-corrected chi connectivity index (χ3v) is 0.659. The first kappa shape index (κ1) is 15.0. The van der Waals surface area contributed by atoms with Crippen molar-refractivity contribution in [1.82, 2.24) is 0 Å². The van der Waals surface area contributed by atoms with Crippen molar-refractivity contribution in [2.24, 2.45) is 11.5 Å². The lowest BCUT2D eigenvalue weighted by molar-refractivity contribution is 0.110. The molecule has 1 aromatic rings. The second-order valence-electron chi connectivity index (χ2n) is 1.64. The van der Waals surface area contributed by atoms with Gasteiger partial charge in [0.25, 0.3) is 0 Å². The summed E-state index contributed by atoms with van der Waals surface area (Å²) in [6.45, 7) is 0. The van der Waals surface area contributed by atoms with Crippen molar-refractivity contribution in [3.05, 3.63) is 24.2 Å². The van der Waals surface area contributed by atoms with Gasteiger partial charge >= 0.3 is 0 Å². The zero-order valence-corrected chi connectivity index (χ0v) is 8.79. The van der Waals surface area contributed by atoms with E-state index < -0.39 is 0 Å². The van der Waals surface area contributed by atoms with Gasteiger partial charge in [-0.1, -0.05) is 12.6 Å². The van der Waals surface area contributed by atoms with Crippen LogP contribution in [0.4, 0.5) is 0 Å². The van der Waals surface area contributed by atoms with E-state index in [9.17, 15) is 4.79 Å². The van der Waals surface area contributed by atoms with Crippen LogP contribution in [0.1, 0.15) is 10.6 Å². The standard InChI is InChI=1S/C5H4O2.CH4N2S.CHNS/c6-4-5-2-1-3-7-5;2-1(3)4;2-1-3/h1-4H;(H4,2,3,4);3H. The topological polar surface area (TPSA) is 106 Å². The van der Waals surface area contributed by atoms with Crippen LogP contribution in [-0.4, -0.2) is 11.4 Å². The Morgan fingerprint density at radius 2 is 2.14 bits per heavy atom. The molecule has 5 nitrogen and oxygen atoms in total. The average molecular weight is 231 g/mol. The number of hydrogen-bond acceptors (Lipinski definition) is 5. The van der Waals surface area contributed by atoms with Gasteiger partial charge in [-0.3, -0.25) is 4.79 Å². The van der Waals surface area contributed by atoms with E-state index in [4.69, 9.17) is 5.26 Å². The van der Waals surface area contributed by atoms with Crippen LogP contribution in [0.25, 0.3) is 0 Å². The molecule has 0 spiro atoms. The Hall–Kier alpha value is -1.52. The predicted octanol–water partition coefficient (Wildman–Crippen LogP) is 0.678. The molecule has 7 heteroatoms. The van der Waals surface area contributed by atoms with E-state index in [2.05, 4.69) is 40.7 Å². The number of nitrogens with two attached hydrogens (primary N) is 2. The molecule has 0 aliphatic heterocycles. The molecule has 0 atom stereocenters. The molecular formula is C7H9N3O2S2. The highest BCUT2D eigenvalue weighted by atomic mass is 32.1. The van der Waals surface area contributed by atoms with Gasteiger partial charge in [0.15, 0.2) is 17.2 Å². The maximum absolute atomic E-state index is 9.77. The molecule has 76 valence electrons. The number of hydrogen-bond donors (Lipinski definition) is 3. The monoisotopic (exact) mass is 231 g/mol. The Balaban J connectivity index is 0. The van der Waals surface area contributed by atoms with Gasteiger partial charge < -0.3 is 15.9 Å². The highest BCUT2D eigenvalue weighted by Gasteiger charge is 1.84. The number of rotatable bonds is 1. The summed E-state index contributed by atoms with van der Waals surface area (Å²) in [6.07, 6.45) is 2.13. The minimum atomic E-state index is 0.000000000000000222. The molecule has 0 aliphatic rings. The zero-order chi connectivity index (χ0) is 11.4. The molecule has 0 radical (unpaired) electrons. The predicted molar refractivity (Wildman–Crippen MR) is 59.7 cm³/mol. The fourth-order valence-corrected chi connectivity index (χ4v) is 0.358. The van der Waals surface area contributed by atoms with Crippen LogP contribution >= 0.6 is 24.8 Å². The zero-order valence-electron chi connectivity index (χ0n) is 7.08. The third-order valence-electron chi connectivity index (χ3n) is 0.659. The summed E-state index contributed by atoms with van der Waals surface area (Å²) < 4.78 is 4.61. The largest absolute Gasteiger partial charge is 0.462 e. The normalized spacial score (nSPS) is 6.57. The van der Waals surface area contributed by atoms with Crippen LogP contribution in [0.5, 0.6) is 0 Å². The SMILES string of the molecule is N#CS.NC(N)=S.O=Cc1ccco1. The number of aldehydes is 1. The summed E-state index contributed by atoms with van der Waals surface area (Å²) in [6, 6.07) is 3.27. The van der Waals surface area contributed by atoms with Gasteiger partial charge in [0, 0.05) is 0 Å². The van der Waals surface area contributed by atoms with E-state index in [-0.39, 0.29) is 5.11 Å². The highest BCUT2D eigenvalue weighted by Crippen LogP contribution is 1.92. The van der Waals surface area contributed by atoms with E-state index in [1.165, 1.54) is 11.7 Å². The summed E-state index contributed by atoms with van der Waals surface area (Å²) in [4.78, 5) is 9.77. The molecule has 0 aromatic carbocycles. The smallest absolute Gasteiger partial charge is 0.185 e. The lowest BCUT2D eigenvalue weighted by Crippen LogP contribution is -2.18. The fourth-order valence-electron chi connectivity index (χ4n) is 0.358. The molecular weight excluding hydrogens is 222 g/mol. The van der Waals surface area contributed by atoms with E-state index in [1.54, 1.807) is 12.1 Å². The molecule has 1 heterocycles. The van der Waals surface area contributed by atoms with Crippen molar-refractivity contribution in [2.45, 2.75) is 0 Å². The minimum absolute atomic E-state index is 0.000000000000000222. The van der Waals surface area contributed by atoms with Gasteiger partial charge in [-0.25, -0.2) is 0 Å². The Morgan fingerprint density at radius 3 is 2.29 bits per heavy atom. The van der Waals surface area contributed by atoms with E-state index in [1.807, 2.05) is 0 Å². The summed E-state index contributed by atoms with van der Waals surface area (Å²) in [5.41, 5.74) is 9.24. The van der Waals surface area contributed by atoms with E-state index in [0.29, 0.717) is 12.0 Å². The van der Waals surface area contributed by atoms with Crippen molar-refractivity contribution < 1.29 is 9.21 Å². The summed E-state index contributed by atoms with van der Waals surface area (Å²) in [5.74, 6) is 0.375. The van der Waals surface area contributed by atoms with Crippen LogP contribution < -0.4 is 11.5 Å². The van der Waals surface area contributed by atoms with Crippen molar-refractivity contribution in [2.75, 3.05) is 0 Å². The van der Waals surface area contributed by atoms with Gasteiger partial charge in [-0.05, 0) is 24.4 Å². The van der Waals surface area contributed by atoms with Crippen molar-refractivity contribution >= 4 is 36.2 Å². The first-order valence-corrected chi connectivity index (χ1v) is 4.00. The number of thiocarbonyl (C=S) groups is 1. The van der Waals surface area contributed by atoms with Crippen molar-refractivity contribution in [3.63, 3.8) is 0 Å². The number of nitriles is 1. The molecule has 1 aromatic heterocycles. The number of furan rings is 1.